The van der Waals surface area contributed by atoms with Gasteiger partial charge in [-0.05, 0) is 29.7 Å². The highest BCUT2D eigenvalue weighted by atomic mass is 32.2. The molecule has 0 bridgehead atoms. The van der Waals surface area contributed by atoms with Gasteiger partial charge in [-0.3, -0.25) is 0 Å². The number of thioether (sulfide) groups is 1. The summed E-state index contributed by atoms with van der Waals surface area (Å²) < 4.78 is 18.3. The van der Waals surface area contributed by atoms with Crippen LogP contribution in [0.2, 0.25) is 0 Å². The third-order valence-corrected chi connectivity index (χ3v) is 5.01. The molecule has 2 nitrogen and oxygen atoms in total. The number of benzene rings is 2. The van der Waals surface area contributed by atoms with Crippen molar-refractivity contribution in [2.75, 3.05) is 12.4 Å². The Kier molecular flexibility index (Phi) is 4.78. The second kappa shape index (κ2) is 6.97. The molecule has 114 valence electrons. The van der Waals surface area contributed by atoms with E-state index in [9.17, 15) is 9.18 Å². The Bertz CT molecular complexity index is 627. The van der Waals surface area contributed by atoms with Crippen molar-refractivity contribution in [1.29, 1.82) is 0 Å². The van der Waals surface area contributed by atoms with Crippen molar-refractivity contribution in [3.63, 3.8) is 0 Å². The lowest BCUT2D eigenvalue weighted by atomic mass is 10.0. The maximum Gasteiger partial charge on any atom is 0.338 e. The molecule has 0 amide bonds. The van der Waals surface area contributed by atoms with Crippen molar-refractivity contribution in [1.82, 2.24) is 0 Å². The van der Waals surface area contributed by atoms with Gasteiger partial charge in [-0.15, -0.1) is 0 Å². The molecule has 1 aliphatic rings. The van der Waals surface area contributed by atoms with Crippen molar-refractivity contribution in [2.24, 2.45) is 0 Å². The van der Waals surface area contributed by atoms with Crippen LogP contribution in [-0.4, -0.2) is 29.8 Å². The zero-order valence-electron chi connectivity index (χ0n) is 12.1. The van der Waals surface area contributed by atoms with Crippen LogP contribution in [0.25, 0.3) is 11.1 Å². The molecular weight excluding hydrogens is 299 g/mol. The summed E-state index contributed by atoms with van der Waals surface area (Å²) in [5.41, 5.74) is 2.70. The van der Waals surface area contributed by atoms with E-state index in [4.69, 9.17) is 4.74 Å². The van der Waals surface area contributed by atoms with Gasteiger partial charge < -0.3 is 4.74 Å². The molecule has 3 rings (SSSR count). The molecule has 1 aliphatic heterocycles. The summed E-state index contributed by atoms with van der Waals surface area (Å²) in [7, 11) is 0. The van der Waals surface area contributed by atoms with Crippen LogP contribution in [0, 0.1) is 0 Å². The number of ether oxygens (including phenoxy) is 1. The van der Waals surface area contributed by atoms with E-state index in [0.717, 1.165) is 11.1 Å². The number of carbonyl (C=O) groups excluding carboxylic acids is 1. The van der Waals surface area contributed by atoms with E-state index < -0.39 is 6.17 Å². The monoisotopic (exact) mass is 316 g/mol. The number of hydrogen-bond donors (Lipinski definition) is 0. The van der Waals surface area contributed by atoms with E-state index in [1.807, 2.05) is 42.5 Å². The van der Waals surface area contributed by atoms with Gasteiger partial charge in [0.05, 0.1) is 5.56 Å². The minimum atomic E-state index is -0.765. The maximum atomic E-state index is 13.1. The number of esters is 1. The van der Waals surface area contributed by atoms with Crippen molar-refractivity contribution in [2.45, 2.75) is 17.8 Å². The van der Waals surface area contributed by atoms with Gasteiger partial charge in [0.15, 0.2) is 0 Å². The van der Waals surface area contributed by atoms with E-state index in [2.05, 4.69) is 0 Å². The first-order valence-corrected chi connectivity index (χ1v) is 8.35. The fraction of sp³-hybridized carbons (Fsp3) is 0.278. The molecule has 0 aliphatic carbocycles. The molecule has 2 atom stereocenters. The largest absolute Gasteiger partial charge is 0.461 e. The summed E-state index contributed by atoms with van der Waals surface area (Å²) in [6.45, 7) is 0.282. The molecule has 0 spiro atoms. The standard InChI is InChI=1S/C18H17FO2S/c19-16-10-17(22-12-16)11-21-18(20)15-8-6-14(7-9-15)13-4-2-1-3-5-13/h1-9,16-17H,10-12H2/t16-,17-/m0/s1. The first kappa shape index (κ1) is 15.1. The Hall–Kier alpha value is -1.81. The summed E-state index contributed by atoms with van der Waals surface area (Å²) in [5.74, 6) is 0.163. The Morgan fingerprint density at radius 3 is 2.41 bits per heavy atom. The van der Waals surface area contributed by atoms with E-state index >= 15 is 0 Å². The van der Waals surface area contributed by atoms with Crippen molar-refractivity contribution in [3.8, 4) is 11.1 Å². The van der Waals surface area contributed by atoms with Crippen LogP contribution >= 0.6 is 11.8 Å². The Morgan fingerprint density at radius 1 is 1.09 bits per heavy atom. The summed E-state index contributed by atoms with van der Waals surface area (Å²) in [5, 5.41) is 0.0857. The third kappa shape index (κ3) is 3.69. The summed E-state index contributed by atoms with van der Waals surface area (Å²) in [4.78, 5) is 12.0. The summed E-state index contributed by atoms with van der Waals surface area (Å²) in [6, 6.07) is 17.3. The van der Waals surface area contributed by atoms with Crippen LogP contribution in [0.4, 0.5) is 4.39 Å². The molecule has 2 aromatic carbocycles. The lowest BCUT2D eigenvalue weighted by Gasteiger charge is -2.10. The molecule has 0 unspecified atom stereocenters. The zero-order valence-corrected chi connectivity index (χ0v) is 12.9. The van der Waals surface area contributed by atoms with E-state index in [1.165, 1.54) is 11.8 Å². The molecule has 2 aromatic rings. The second-order valence-corrected chi connectivity index (χ2v) is 6.66. The molecule has 1 fully saturated rings. The van der Waals surface area contributed by atoms with Gasteiger partial charge in [-0.2, -0.15) is 11.8 Å². The Morgan fingerprint density at radius 2 is 1.77 bits per heavy atom. The highest BCUT2D eigenvalue weighted by molar-refractivity contribution is 8.00. The van der Waals surface area contributed by atoms with Gasteiger partial charge in [-0.1, -0.05) is 42.5 Å². The van der Waals surface area contributed by atoms with Crippen molar-refractivity contribution >= 4 is 17.7 Å². The normalized spacial score (nSPS) is 20.8. The summed E-state index contributed by atoms with van der Waals surface area (Å²) >= 11 is 1.54. The molecule has 1 heterocycles. The topological polar surface area (TPSA) is 26.3 Å². The fourth-order valence-corrected chi connectivity index (χ4v) is 3.59. The van der Waals surface area contributed by atoms with Gasteiger partial charge >= 0.3 is 5.97 Å². The molecule has 0 saturated carbocycles. The second-order valence-electron chi connectivity index (χ2n) is 5.33. The number of carbonyl (C=O) groups is 1. The van der Waals surface area contributed by atoms with E-state index in [0.29, 0.717) is 17.7 Å². The quantitative estimate of drug-likeness (QED) is 0.784. The van der Waals surface area contributed by atoms with Gasteiger partial charge in [0, 0.05) is 11.0 Å². The fourth-order valence-electron chi connectivity index (χ4n) is 2.46. The Balaban J connectivity index is 1.59. The van der Waals surface area contributed by atoms with E-state index in [-0.39, 0.29) is 17.8 Å². The number of alkyl halides is 1. The summed E-state index contributed by atoms with van der Waals surface area (Å²) in [6.07, 6.45) is -0.288. The molecule has 0 N–H and O–H groups in total. The SMILES string of the molecule is O=C(OC[C@@H]1C[C@H](F)CS1)c1ccc(-c2ccccc2)cc1. The van der Waals surface area contributed by atoms with Crippen LogP contribution in [-0.2, 0) is 4.74 Å². The van der Waals surface area contributed by atoms with Crippen LogP contribution in [0.15, 0.2) is 54.6 Å². The van der Waals surface area contributed by atoms with Crippen LogP contribution < -0.4 is 0 Å². The molecule has 0 radical (unpaired) electrons. The number of rotatable bonds is 4. The van der Waals surface area contributed by atoms with Crippen molar-refractivity contribution in [3.05, 3.63) is 60.2 Å². The highest BCUT2D eigenvalue weighted by Gasteiger charge is 2.26. The van der Waals surface area contributed by atoms with Gasteiger partial charge in [0.1, 0.15) is 12.8 Å². The minimum absolute atomic E-state index is 0.0857. The van der Waals surface area contributed by atoms with Crippen LogP contribution in [0.5, 0.6) is 0 Å². The first-order valence-electron chi connectivity index (χ1n) is 7.30. The van der Waals surface area contributed by atoms with E-state index in [1.54, 1.807) is 12.1 Å². The zero-order chi connectivity index (χ0) is 15.4. The van der Waals surface area contributed by atoms with Gasteiger partial charge in [0.25, 0.3) is 0 Å². The highest BCUT2D eigenvalue weighted by Crippen LogP contribution is 2.29. The lowest BCUT2D eigenvalue weighted by Crippen LogP contribution is -2.15. The van der Waals surface area contributed by atoms with Crippen LogP contribution in [0.3, 0.4) is 0 Å². The molecular formula is C18H17FO2S. The molecule has 1 saturated heterocycles. The predicted octanol–water partition coefficient (Wildman–Crippen LogP) is 4.35. The average Bonchev–Trinajstić information content (AvgIpc) is 2.99. The smallest absolute Gasteiger partial charge is 0.338 e. The minimum Gasteiger partial charge on any atom is -0.461 e. The first-order chi connectivity index (χ1) is 10.7. The Labute approximate surface area is 133 Å². The maximum absolute atomic E-state index is 13.1. The predicted molar refractivity (Wildman–Crippen MR) is 87.9 cm³/mol. The van der Waals surface area contributed by atoms with Gasteiger partial charge in [0.2, 0.25) is 0 Å². The number of halogens is 1. The van der Waals surface area contributed by atoms with Crippen LogP contribution in [0.1, 0.15) is 16.8 Å². The average molecular weight is 316 g/mol. The molecule has 4 heteroatoms. The van der Waals surface area contributed by atoms with Crippen molar-refractivity contribution < 1.29 is 13.9 Å². The molecule has 22 heavy (non-hydrogen) atoms. The third-order valence-electron chi connectivity index (χ3n) is 3.66. The van der Waals surface area contributed by atoms with Gasteiger partial charge in [-0.25, -0.2) is 9.18 Å². The molecule has 0 aromatic heterocycles. The lowest BCUT2D eigenvalue weighted by molar-refractivity contribution is 0.0501. The number of hydrogen-bond acceptors (Lipinski definition) is 3.